The normalized spacial score (nSPS) is 26.9. The van der Waals surface area contributed by atoms with Gasteiger partial charge in [-0.3, -0.25) is 0 Å². The highest BCUT2D eigenvalue weighted by molar-refractivity contribution is 7.91. The largest absolute Gasteiger partial charge is 0.394 e. The predicted molar refractivity (Wildman–Crippen MR) is 70.3 cm³/mol. The molecule has 7 heteroatoms. The molecule has 1 fully saturated rings. The van der Waals surface area contributed by atoms with Crippen LogP contribution < -0.4 is 0 Å². The van der Waals surface area contributed by atoms with Gasteiger partial charge in [0.25, 0.3) is 0 Å². The van der Waals surface area contributed by atoms with Gasteiger partial charge in [-0.25, -0.2) is 12.8 Å². The van der Waals surface area contributed by atoms with Gasteiger partial charge in [-0.2, -0.15) is 0 Å². The van der Waals surface area contributed by atoms with Gasteiger partial charge in [0.15, 0.2) is 9.84 Å². The van der Waals surface area contributed by atoms with Gasteiger partial charge in [0.2, 0.25) is 5.79 Å². The molecule has 2 atom stereocenters. The van der Waals surface area contributed by atoms with Gasteiger partial charge < -0.3 is 14.6 Å². The van der Waals surface area contributed by atoms with Crippen LogP contribution in [0.4, 0.5) is 4.39 Å². The summed E-state index contributed by atoms with van der Waals surface area (Å²) in [6, 6.07) is 5.30. The van der Waals surface area contributed by atoms with Crippen LogP contribution >= 0.6 is 0 Å². The molecule has 1 saturated heterocycles. The lowest BCUT2D eigenvalue weighted by molar-refractivity contribution is -0.162. The molecule has 1 aromatic rings. The molecule has 1 aromatic carbocycles. The lowest BCUT2D eigenvalue weighted by Gasteiger charge is -2.28. The van der Waals surface area contributed by atoms with Gasteiger partial charge in [0.05, 0.1) is 13.2 Å². The molecule has 0 amide bonds. The van der Waals surface area contributed by atoms with E-state index in [-0.39, 0.29) is 24.7 Å². The molecule has 2 rings (SSSR count). The Morgan fingerprint density at radius 2 is 2.05 bits per heavy atom. The Morgan fingerprint density at radius 1 is 1.40 bits per heavy atom. The Balaban J connectivity index is 2.37. The van der Waals surface area contributed by atoms with E-state index >= 15 is 0 Å². The smallest absolute Gasteiger partial charge is 0.209 e. The maximum absolute atomic E-state index is 13.0. The lowest BCUT2D eigenvalue weighted by Crippen LogP contribution is -2.37. The zero-order chi connectivity index (χ0) is 14.8. The minimum atomic E-state index is -3.38. The van der Waals surface area contributed by atoms with E-state index in [1.165, 1.54) is 31.2 Å². The van der Waals surface area contributed by atoms with Gasteiger partial charge in [-0.15, -0.1) is 0 Å². The van der Waals surface area contributed by atoms with E-state index in [0.717, 1.165) is 0 Å². The van der Waals surface area contributed by atoms with Crippen LogP contribution in [0.3, 0.4) is 0 Å². The molecule has 0 saturated carbocycles. The number of ether oxygens (including phenoxy) is 2. The van der Waals surface area contributed by atoms with Crippen LogP contribution in [-0.2, 0) is 25.1 Å². The number of aliphatic hydroxyl groups is 1. The van der Waals surface area contributed by atoms with Gasteiger partial charge in [-0.1, -0.05) is 19.1 Å². The summed E-state index contributed by atoms with van der Waals surface area (Å²) < 4.78 is 47.9. The number of sulfone groups is 1. The first-order valence-electron chi connectivity index (χ1n) is 6.30. The summed E-state index contributed by atoms with van der Waals surface area (Å²) in [4.78, 5) is 0. The molecule has 1 aliphatic heterocycles. The van der Waals surface area contributed by atoms with Crippen molar-refractivity contribution in [1.29, 1.82) is 0 Å². The zero-order valence-electron chi connectivity index (χ0n) is 11.1. The summed E-state index contributed by atoms with van der Waals surface area (Å²) in [6.45, 7) is 1.36. The van der Waals surface area contributed by atoms with Gasteiger partial charge in [0, 0.05) is 11.3 Å². The van der Waals surface area contributed by atoms with Crippen molar-refractivity contribution in [2.24, 2.45) is 0 Å². The fourth-order valence-corrected chi connectivity index (χ4v) is 3.16. The number of benzene rings is 1. The van der Waals surface area contributed by atoms with Crippen molar-refractivity contribution < 1.29 is 27.4 Å². The topological polar surface area (TPSA) is 72.8 Å². The summed E-state index contributed by atoms with van der Waals surface area (Å²) in [5, 5.41) is 9.13. The first kappa shape index (κ1) is 15.4. The van der Waals surface area contributed by atoms with Crippen molar-refractivity contribution in [3.8, 4) is 0 Å². The quantitative estimate of drug-likeness (QED) is 0.872. The van der Waals surface area contributed by atoms with E-state index in [9.17, 15) is 12.8 Å². The minimum absolute atomic E-state index is 0.0492. The predicted octanol–water partition coefficient (Wildman–Crippen LogP) is 0.821. The van der Waals surface area contributed by atoms with Gasteiger partial charge >= 0.3 is 0 Å². The van der Waals surface area contributed by atoms with Gasteiger partial charge in [-0.05, 0) is 12.1 Å². The maximum Gasteiger partial charge on any atom is 0.209 e. The van der Waals surface area contributed by atoms with Crippen LogP contribution in [0.2, 0.25) is 0 Å². The van der Waals surface area contributed by atoms with E-state index in [1.807, 2.05) is 0 Å². The second kappa shape index (κ2) is 5.77. The van der Waals surface area contributed by atoms with Crippen molar-refractivity contribution in [1.82, 2.24) is 0 Å². The third-order valence-corrected chi connectivity index (χ3v) is 4.90. The van der Waals surface area contributed by atoms with E-state index in [4.69, 9.17) is 14.6 Å². The Kier molecular flexibility index (Phi) is 4.43. The Labute approximate surface area is 117 Å². The van der Waals surface area contributed by atoms with Crippen molar-refractivity contribution in [3.63, 3.8) is 0 Å². The molecular weight excluding hydrogens is 287 g/mol. The molecule has 0 spiro atoms. The third kappa shape index (κ3) is 3.17. The molecule has 0 radical (unpaired) electrons. The summed E-state index contributed by atoms with van der Waals surface area (Å²) in [7, 11) is -3.38. The van der Waals surface area contributed by atoms with Crippen molar-refractivity contribution in [3.05, 3.63) is 35.6 Å². The Morgan fingerprint density at radius 3 is 2.55 bits per heavy atom. The molecule has 1 aliphatic rings. The van der Waals surface area contributed by atoms with Crippen molar-refractivity contribution in [2.45, 2.75) is 18.8 Å². The zero-order valence-corrected chi connectivity index (χ0v) is 11.9. The first-order chi connectivity index (χ1) is 9.41. The fourth-order valence-electron chi connectivity index (χ4n) is 2.06. The number of aliphatic hydroxyl groups excluding tert-OH is 1. The molecule has 0 aromatic heterocycles. The summed E-state index contributed by atoms with van der Waals surface area (Å²) in [5.74, 6) is -2.32. The number of halogens is 1. The average Bonchev–Trinajstić information content (AvgIpc) is 2.83. The molecule has 0 bridgehead atoms. The van der Waals surface area contributed by atoms with E-state index in [2.05, 4.69) is 0 Å². The second-order valence-corrected chi connectivity index (χ2v) is 7.02. The van der Waals surface area contributed by atoms with Crippen molar-refractivity contribution in [2.75, 3.05) is 24.7 Å². The standard InChI is InChI=1S/C13H17FO5S/c1-2-20(16,17)9-13(18-8-12(7-15)19-13)10-3-5-11(14)6-4-10/h3-6,12,15H,2,7-9H2,1H3/t12-,13+/m0/s1. The van der Waals surface area contributed by atoms with E-state index in [0.29, 0.717) is 5.56 Å². The van der Waals surface area contributed by atoms with Crippen LogP contribution in [0.1, 0.15) is 12.5 Å². The van der Waals surface area contributed by atoms with Crippen LogP contribution in [0.25, 0.3) is 0 Å². The third-order valence-electron chi connectivity index (χ3n) is 3.20. The Bertz CT molecular complexity index is 557. The maximum atomic E-state index is 13.0. The monoisotopic (exact) mass is 304 g/mol. The van der Waals surface area contributed by atoms with E-state index < -0.39 is 27.5 Å². The summed E-state index contributed by atoms with van der Waals surface area (Å²) in [5.41, 5.74) is 0.423. The lowest BCUT2D eigenvalue weighted by atomic mass is 10.1. The molecule has 5 nitrogen and oxygen atoms in total. The average molecular weight is 304 g/mol. The minimum Gasteiger partial charge on any atom is -0.394 e. The summed E-state index contributed by atoms with van der Waals surface area (Å²) >= 11 is 0. The van der Waals surface area contributed by atoms with Crippen LogP contribution in [-0.4, -0.2) is 44.3 Å². The van der Waals surface area contributed by atoms with E-state index in [1.54, 1.807) is 0 Å². The number of rotatable bonds is 5. The van der Waals surface area contributed by atoms with Crippen LogP contribution in [0.5, 0.6) is 0 Å². The molecule has 0 unspecified atom stereocenters. The summed E-state index contributed by atoms with van der Waals surface area (Å²) in [6.07, 6.45) is -0.591. The Hall–Kier alpha value is -1.02. The highest BCUT2D eigenvalue weighted by Crippen LogP contribution is 2.36. The molecular formula is C13H17FO5S. The second-order valence-electron chi connectivity index (χ2n) is 4.67. The van der Waals surface area contributed by atoms with Crippen LogP contribution in [0, 0.1) is 5.82 Å². The molecule has 1 heterocycles. The molecule has 1 N–H and O–H groups in total. The number of hydrogen-bond acceptors (Lipinski definition) is 5. The fraction of sp³-hybridized carbons (Fsp3) is 0.538. The molecule has 20 heavy (non-hydrogen) atoms. The number of hydrogen-bond donors (Lipinski definition) is 1. The SMILES string of the molecule is CCS(=O)(=O)C[C@@]1(c2ccc(F)cc2)OC[C@H](CO)O1. The van der Waals surface area contributed by atoms with Crippen LogP contribution in [0.15, 0.2) is 24.3 Å². The first-order valence-corrected chi connectivity index (χ1v) is 8.12. The molecule has 112 valence electrons. The highest BCUT2D eigenvalue weighted by atomic mass is 32.2. The van der Waals surface area contributed by atoms with Gasteiger partial charge in [0.1, 0.15) is 17.7 Å². The van der Waals surface area contributed by atoms with Crippen molar-refractivity contribution >= 4 is 9.84 Å². The highest BCUT2D eigenvalue weighted by Gasteiger charge is 2.46. The molecule has 0 aliphatic carbocycles.